The summed E-state index contributed by atoms with van der Waals surface area (Å²) in [6.07, 6.45) is 4.86. The zero-order chi connectivity index (χ0) is 24.6. The predicted octanol–water partition coefficient (Wildman–Crippen LogP) is 3.30. The monoisotopic (exact) mass is 485 g/mol. The van der Waals surface area contributed by atoms with Crippen LogP contribution in [0.3, 0.4) is 0 Å². The van der Waals surface area contributed by atoms with Crippen LogP contribution in [0.1, 0.15) is 18.9 Å². The molecule has 2 saturated heterocycles. The van der Waals surface area contributed by atoms with Crippen molar-refractivity contribution < 1.29 is 9.53 Å². The van der Waals surface area contributed by atoms with Crippen LogP contribution in [-0.2, 0) is 16.1 Å². The Kier molecular flexibility index (Phi) is 5.92. The molecule has 0 spiro atoms. The van der Waals surface area contributed by atoms with Gasteiger partial charge in [0.25, 0.3) is 0 Å². The van der Waals surface area contributed by atoms with Gasteiger partial charge in [0.15, 0.2) is 11.5 Å². The van der Waals surface area contributed by atoms with Crippen LogP contribution in [0.2, 0.25) is 0 Å². The number of likely N-dealkylation sites (tertiary alicyclic amines) is 1. The number of hydrogen-bond acceptors (Lipinski definition) is 6. The van der Waals surface area contributed by atoms with Gasteiger partial charge in [-0.05, 0) is 31.4 Å². The molecule has 0 atom stereocenters. The van der Waals surface area contributed by atoms with E-state index in [9.17, 15) is 4.79 Å². The fourth-order valence-corrected chi connectivity index (χ4v) is 5.07. The van der Waals surface area contributed by atoms with E-state index in [4.69, 9.17) is 19.8 Å². The van der Waals surface area contributed by atoms with Crippen LogP contribution in [-0.4, -0.2) is 74.5 Å². The van der Waals surface area contributed by atoms with E-state index in [1.807, 2.05) is 28.2 Å². The number of aromatic nitrogens is 5. The number of benzene rings is 1. The summed E-state index contributed by atoms with van der Waals surface area (Å²) in [6.45, 7) is 9.28. The topological polar surface area (TPSA) is 81.3 Å². The summed E-state index contributed by atoms with van der Waals surface area (Å²) >= 11 is 0. The fraction of sp³-hybridized carbons (Fsp3) is 0.407. The maximum Gasteiger partial charge on any atom is 0.219 e. The largest absolute Gasteiger partial charge is 0.378 e. The minimum absolute atomic E-state index is 0.157. The number of rotatable bonds is 6. The van der Waals surface area contributed by atoms with Gasteiger partial charge in [-0.3, -0.25) is 4.79 Å². The SMILES string of the molecule is CC(=O)N1CC(CCn2cnc3c(N4CCOCC4)cc(-n4ccc(-c5cccc(C)c5)n4)nc32)C1. The Morgan fingerprint density at radius 1 is 1.14 bits per heavy atom. The van der Waals surface area contributed by atoms with Gasteiger partial charge in [-0.25, -0.2) is 14.6 Å². The minimum Gasteiger partial charge on any atom is -0.378 e. The number of nitrogens with zero attached hydrogens (tertiary/aromatic N) is 7. The molecule has 4 aromatic rings. The number of anilines is 1. The molecule has 186 valence electrons. The fourth-order valence-electron chi connectivity index (χ4n) is 5.07. The third kappa shape index (κ3) is 4.35. The first-order valence-electron chi connectivity index (χ1n) is 12.6. The van der Waals surface area contributed by atoms with Gasteiger partial charge >= 0.3 is 0 Å². The number of imidazole rings is 1. The number of carbonyl (C=O) groups is 1. The van der Waals surface area contributed by atoms with Crippen molar-refractivity contribution in [1.29, 1.82) is 0 Å². The van der Waals surface area contributed by atoms with E-state index < -0.39 is 0 Å². The van der Waals surface area contributed by atoms with Crippen LogP contribution in [0, 0.1) is 12.8 Å². The molecule has 2 aliphatic heterocycles. The molecule has 9 heteroatoms. The molecule has 0 bridgehead atoms. The van der Waals surface area contributed by atoms with Crippen LogP contribution in [0.25, 0.3) is 28.2 Å². The van der Waals surface area contributed by atoms with Crippen LogP contribution in [0.5, 0.6) is 0 Å². The molecule has 5 heterocycles. The second-order valence-corrected chi connectivity index (χ2v) is 9.80. The Labute approximate surface area is 210 Å². The summed E-state index contributed by atoms with van der Waals surface area (Å²) in [5.41, 5.74) is 6.06. The van der Waals surface area contributed by atoms with Gasteiger partial charge in [-0.1, -0.05) is 23.8 Å². The third-order valence-corrected chi connectivity index (χ3v) is 7.21. The van der Waals surface area contributed by atoms with E-state index in [0.717, 1.165) is 73.1 Å². The molecule has 0 aliphatic carbocycles. The summed E-state index contributed by atoms with van der Waals surface area (Å²) in [4.78, 5) is 25.6. The Bertz CT molecular complexity index is 1400. The number of fused-ring (bicyclic) bond motifs is 1. The number of hydrogen-bond donors (Lipinski definition) is 0. The zero-order valence-corrected chi connectivity index (χ0v) is 20.8. The first-order chi connectivity index (χ1) is 17.5. The highest BCUT2D eigenvalue weighted by molar-refractivity contribution is 5.87. The number of carbonyl (C=O) groups excluding carboxylic acids is 1. The molecule has 2 aliphatic rings. The Morgan fingerprint density at radius 3 is 2.75 bits per heavy atom. The Morgan fingerprint density at radius 2 is 1.97 bits per heavy atom. The molecular formula is C27H31N7O2. The molecule has 9 nitrogen and oxygen atoms in total. The van der Waals surface area contributed by atoms with Crippen molar-refractivity contribution in [1.82, 2.24) is 29.2 Å². The van der Waals surface area contributed by atoms with Gasteiger partial charge in [0.05, 0.1) is 30.9 Å². The van der Waals surface area contributed by atoms with Crippen molar-refractivity contribution in [3.8, 4) is 17.1 Å². The molecule has 1 aromatic carbocycles. The van der Waals surface area contributed by atoms with Gasteiger partial charge in [0, 0.05) is 57.5 Å². The highest BCUT2D eigenvalue weighted by atomic mass is 16.5. The Hall–Kier alpha value is -3.72. The van der Waals surface area contributed by atoms with E-state index in [1.54, 1.807) is 6.92 Å². The molecule has 2 fully saturated rings. The second kappa shape index (κ2) is 9.39. The number of morpholine rings is 1. The van der Waals surface area contributed by atoms with Crippen molar-refractivity contribution in [2.24, 2.45) is 5.92 Å². The van der Waals surface area contributed by atoms with Crippen molar-refractivity contribution in [3.63, 3.8) is 0 Å². The van der Waals surface area contributed by atoms with E-state index in [1.165, 1.54) is 5.56 Å². The standard InChI is InChI=1S/C27H31N7O2/c1-19-4-3-5-22(14-19)23-7-9-34(30-23)25-15-24(31-10-12-36-13-11-31)26-27(29-25)32(18-28-26)8-6-21-16-33(17-21)20(2)35/h3-5,7,9,14-15,18,21H,6,8,10-13,16-17H2,1-2H3. The van der Waals surface area contributed by atoms with Gasteiger partial charge in [0.1, 0.15) is 5.52 Å². The highest BCUT2D eigenvalue weighted by Gasteiger charge is 2.28. The molecule has 3 aromatic heterocycles. The van der Waals surface area contributed by atoms with Gasteiger partial charge in [-0.2, -0.15) is 5.10 Å². The average Bonchev–Trinajstić information content (AvgIpc) is 3.51. The lowest BCUT2D eigenvalue weighted by molar-refractivity contribution is -0.135. The smallest absolute Gasteiger partial charge is 0.219 e. The molecule has 0 saturated carbocycles. The van der Waals surface area contributed by atoms with Crippen molar-refractivity contribution in [2.45, 2.75) is 26.8 Å². The molecule has 0 unspecified atom stereocenters. The van der Waals surface area contributed by atoms with E-state index in [0.29, 0.717) is 19.1 Å². The summed E-state index contributed by atoms with van der Waals surface area (Å²) < 4.78 is 9.60. The third-order valence-electron chi connectivity index (χ3n) is 7.21. The lowest BCUT2D eigenvalue weighted by atomic mass is 9.96. The first-order valence-corrected chi connectivity index (χ1v) is 12.6. The molecule has 1 amide bonds. The normalized spacial score (nSPS) is 16.5. The van der Waals surface area contributed by atoms with Gasteiger partial charge in [0.2, 0.25) is 5.91 Å². The van der Waals surface area contributed by atoms with Gasteiger partial charge < -0.3 is 19.1 Å². The van der Waals surface area contributed by atoms with Crippen LogP contribution >= 0.6 is 0 Å². The highest BCUT2D eigenvalue weighted by Crippen LogP contribution is 2.29. The minimum atomic E-state index is 0.157. The predicted molar refractivity (Wildman–Crippen MR) is 138 cm³/mol. The van der Waals surface area contributed by atoms with Crippen LogP contribution in [0.4, 0.5) is 5.69 Å². The van der Waals surface area contributed by atoms with E-state index >= 15 is 0 Å². The van der Waals surface area contributed by atoms with Crippen LogP contribution in [0.15, 0.2) is 48.9 Å². The van der Waals surface area contributed by atoms with Crippen molar-refractivity contribution >= 4 is 22.8 Å². The molecule has 6 rings (SSSR count). The molecular weight excluding hydrogens is 454 g/mol. The first kappa shape index (κ1) is 22.7. The maximum atomic E-state index is 11.5. The zero-order valence-electron chi connectivity index (χ0n) is 20.8. The summed E-state index contributed by atoms with van der Waals surface area (Å²) in [5.74, 6) is 1.46. The number of amides is 1. The molecule has 0 N–H and O–H groups in total. The second-order valence-electron chi connectivity index (χ2n) is 9.80. The summed E-state index contributed by atoms with van der Waals surface area (Å²) in [6, 6.07) is 12.5. The molecule has 36 heavy (non-hydrogen) atoms. The van der Waals surface area contributed by atoms with Crippen LogP contribution < -0.4 is 4.90 Å². The summed E-state index contributed by atoms with van der Waals surface area (Å²) in [5, 5.41) is 4.86. The Balaban J connectivity index is 1.33. The summed E-state index contributed by atoms with van der Waals surface area (Å²) in [7, 11) is 0. The quantitative estimate of drug-likeness (QED) is 0.417. The lowest BCUT2D eigenvalue weighted by Crippen LogP contribution is -2.49. The lowest BCUT2D eigenvalue weighted by Gasteiger charge is -2.38. The van der Waals surface area contributed by atoms with Gasteiger partial charge in [-0.15, -0.1) is 0 Å². The van der Waals surface area contributed by atoms with E-state index in [-0.39, 0.29) is 5.91 Å². The average molecular weight is 486 g/mol. The number of ether oxygens (including phenoxy) is 1. The number of aryl methyl sites for hydroxylation is 2. The van der Waals surface area contributed by atoms with E-state index in [2.05, 4.69) is 46.7 Å². The number of pyridine rings is 1. The van der Waals surface area contributed by atoms with Crippen molar-refractivity contribution in [3.05, 3.63) is 54.5 Å². The maximum absolute atomic E-state index is 11.5. The van der Waals surface area contributed by atoms with Crippen molar-refractivity contribution in [2.75, 3.05) is 44.3 Å². The molecule has 0 radical (unpaired) electrons.